The van der Waals surface area contributed by atoms with E-state index in [4.69, 9.17) is 0 Å². The fourth-order valence-corrected chi connectivity index (χ4v) is 1.69. The number of nitrogens with one attached hydrogen (secondary N) is 1. The summed E-state index contributed by atoms with van der Waals surface area (Å²) in [5, 5.41) is 2.88. The fraction of sp³-hybridized carbons (Fsp3) is 0.125. The van der Waals surface area contributed by atoms with Crippen LogP contribution in [-0.2, 0) is 4.79 Å². The highest BCUT2D eigenvalue weighted by Gasteiger charge is 2.01. The van der Waals surface area contributed by atoms with Crippen LogP contribution in [-0.4, -0.2) is 10.9 Å². The first kappa shape index (κ1) is 13.0. The van der Waals surface area contributed by atoms with E-state index < -0.39 is 0 Å². The molecule has 0 bridgehead atoms. The zero-order valence-electron chi connectivity index (χ0n) is 11.1. The van der Waals surface area contributed by atoms with E-state index >= 15 is 0 Å². The lowest BCUT2D eigenvalue weighted by molar-refractivity contribution is -0.111. The zero-order valence-corrected chi connectivity index (χ0v) is 11.1. The van der Waals surface area contributed by atoms with Gasteiger partial charge >= 0.3 is 0 Å². The number of rotatable bonds is 3. The molecule has 0 saturated heterocycles. The molecule has 1 aromatic carbocycles. The predicted molar refractivity (Wildman–Crippen MR) is 77.8 cm³/mol. The van der Waals surface area contributed by atoms with E-state index in [9.17, 15) is 4.79 Å². The lowest BCUT2D eigenvalue weighted by atomic mass is 10.1. The van der Waals surface area contributed by atoms with Gasteiger partial charge in [-0.2, -0.15) is 0 Å². The van der Waals surface area contributed by atoms with Gasteiger partial charge in [0.25, 0.3) is 0 Å². The highest BCUT2D eigenvalue weighted by Crippen LogP contribution is 2.16. The molecule has 19 heavy (non-hydrogen) atoms. The molecule has 0 atom stereocenters. The fourth-order valence-electron chi connectivity index (χ4n) is 1.69. The monoisotopic (exact) mass is 252 g/mol. The minimum Gasteiger partial charge on any atom is -0.322 e. The number of benzene rings is 1. The van der Waals surface area contributed by atoms with Crippen molar-refractivity contribution in [3.8, 4) is 0 Å². The summed E-state index contributed by atoms with van der Waals surface area (Å²) in [5.41, 5.74) is 3.92. The topological polar surface area (TPSA) is 42.0 Å². The number of carbonyl (C=O) groups is 1. The van der Waals surface area contributed by atoms with Gasteiger partial charge in [0.2, 0.25) is 5.91 Å². The lowest BCUT2D eigenvalue weighted by Gasteiger charge is -2.07. The van der Waals surface area contributed by atoms with Crippen LogP contribution < -0.4 is 5.32 Å². The van der Waals surface area contributed by atoms with Crippen molar-refractivity contribution >= 4 is 17.7 Å². The summed E-state index contributed by atoms with van der Waals surface area (Å²) in [6.07, 6.45) is 6.67. The maximum absolute atomic E-state index is 11.8. The van der Waals surface area contributed by atoms with Crippen LogP contribution in [0.2, 0.25) is 0 Å². The Labute approximate surface area is 113 Å². The van der Waals surface area contributed by atoms with Crippen molar-refractivity contribution in [2.75, 3.05) is 5.32 Å². The Kier molecular flexibility index (Phi) is 4.08. The van der Waals surface area contributed by atoms with Crippen molar-refractivity contribution in [2.24, 2.45) is 0 Å². The second-order valence-corrected chi connectivity index (χ2v) is 4.43. The molecule has 1 amide bonds. The highest BCUT2D eigenvalue weighted by molar-refractivity contribution is 6.02. The largest absolute Gasteiger partial charge is 0.322 e. The zero-order chi connectivity index (χ0) is 13.7. The molecule has 1 heterocycles. The maximum Gasteiger partial charge on any atom is 0.248 e. The molecule has 0 radical (unpaired) electrons. The van der Waals surface area contributed by atoms with Crippen molar-refractivity contribution in [2.45, 2.75) is 13.8 Å². The smallest absolute Gasteiger partial charge is 0.248 e. The summed E-state index contributed by atoms with van der Waals surface area (Å²) in [7, 11) is 0. The Bertz CT molecular complexity index is 603. The SMILES string of the molecule is Cc1ccc(C)c(NC(=O)/C=C\c2cccnc2)c1. The van der Waals surface area contributed by atoms with Crippen molar-refractivity contribution in [1.29, 1.82) is 0 Å². The van der Waals surface area contributed by atoms with Crippen molar-refractivity contribution < 1.29 is 4.79 Å². The molecule has 0 fully saturated rings. The van der Waals surface area contributed by atoms with Gasteiger partial charge in [0, 0.05) is 24.2 Å². The number of pyridine rings is 1. The Morgan fingerprint density at radius 3 is 2.84 bits per heavy atom. The van der Waals surface area contributed by atoms with E-state index in [1.54, 1.807) is 18.5 Å². The third-order valence-electron chi connectivity index (χ3n) is 2.76. The Balaban J connectivity index is 2.06. The number of nitrogens with zero attached hydrogens (tertiary/aromatic N) is 1. The molecule has 0 aliphatic heterocycles. The Hall–Kier alpha value is -2.42. The average Bonchev–Trinajstić information content (AvgIpc) is 2.42. The van der Waals surface area contributed by atoms with Crippen LogP contribution in [0, 0.1) is 13.8 Å². The second-order valence-electron chi connectivity index (χ2n) is 4.43. The van der Waals surface area contributed by atoms with E-state index in [0.29, 0.717) is 0 Å². The number of hydrogen-bond acceptors (Lipinski definition) is 2. The van der Waals surface area contributed by atoms with Gasteiger partial charge in [-0.15, -0.1) is 0 Å². The molecular formula is C16H16N2O. The first-order valence-electron chi connectivity index (χ1n) is 6.11. The maximum atomic E-state index is 11.8. The van der Waals surface area contributed by atoms with Crippen LogP contribution in [0.3, 0.4) is 0 Å². The Morgan fingerprint density at radius 2 is 2.11 bits per heavy atom. The molecule has 2 rings (SSSR count). The van der Waals surface area contributed by atoms with Gasteiger partial charge in [-0.25, -0.2) is 0 Å². The van der Waals surface area contributed by atoms with Crippen molar-refractivity contribution in [3.63, 3.8) is 0 Å². The number of hydrogen-bond donors (Lipinski definition) is 1. The van der Waals surface area contributed by atoms with Gasteiger partial charge in [0.05, 0.1) is 0 Å². The standard InChI is InChI=1S/C16H16N2O/c1-12-5-6-13(2)15(10-12)18-16(19)8-7-14-4-3-9-17-11-14/h3-11H,1-2H3,(H,18,19)/b8-7-. The third kappa shape index (κ3) is 3.78. The molecule has 96 valence electrons. The van der Waals surface area contributed by atoms with Crippen LogP contribution >= 0.6 is 0 Å². The van der Waals surface area contributed by atoms with Crippen molar-refractivity contribution in [1.82, 2.24) is 4.98 Å². The first-order valence-corrected chi connectivity index (χ1v) is 6.11. The van der Waals surface area contributed by atoms with Gasteiger partial charge < -0.3 is 5.32 Å². The summed E-state index contributed by atoms with van der Waals surface area (Å²) >= 11 is 0. The van der Waals surface area contributed by atoms with Crippen LogP contribution in [0.4, 0.5) is 5.69 Å². The van der Waals surface area contributed by atoms with Gasteiger partial charge in [-0.3, -0.25) is 9.78 Å². The number of amides is 1. The molecule has 0 spiro atoms. The number of anilines is 1. The summed E-state index contributed by atoms with van der Waals surface area (Å²) < 4.78 is 0. The minimum absolute atomic E-state index is 0.141. The van der Waals surface area contributed by atoms with Gasteiger partial charge in [0.15, 0.2) is 0 Å². The van der Waals surface area contributed by atoms with Crippen LogP contribution in [0.5, 0.6) is 0 Å². The van der Waals surface area contributed by atoms with Gasteiger partial charge in [0.1, 0.15) is 0 Å². The molecule has 2 aromatic rings. The van der Waals surface area contributed by atoms with E-state index in [2.05, 4.69) is 10.3 Å². The minimum atomic E-state index is -0.141. The second kappa shape index (κ2) is 5.96. The molecule has 1 aromatic heterocycles. The number of carbonyl (C=O) groups excluding carboxylic acids is 1. The summed E-state index contributed by atoms with van der Waals surface area (Å²) in [4.78, 5) is 15.8. The summed E-state index contributed by atoms with van der Waals surface area (Å²) in [5.74, 6) is -0.141. The molecule has 0 aliphatic carbocycles. The van der Waals surface area contributed by atoms with Gasteiger partial charge in [-0.05, 0) is 48.7 Å². The average molecular weight is 252 g/mol. The molecule has 0 saturated carbocycles. The lowest BCUT2D eigenvalue weighted by Crippen LogP contribution is -2.09. The highest BCUT2D eigenvalue weighted by atomic mass is 16.1. The van der Waals surface area contributed by atoms with E-state index in [-0.39, 0.29) is 5.91 Å². The van der Waals surface area contributed by atoms with E-state index in [1.807, 2.05) is 44.2 Å². The molecule has 0 aliphatic rings. The van der Waals surface area contributed by atoms with E-state index in [1.165, 1.54) is 6.08 Å². The van der Waals surface area contributed by atoms with Crippen LogP contribution in [0.1, 0.15) is 16.7 Å². The molecule has 1 N–H and O–H groups in total. The molecule has 3 heteroatoms. The molecule has 3 nitrogen and oxygen atoms in total. The normalized spacial score (nSPS) is 10.6. The number of aryl methyl sites for hydroxylation is 2. The molecular weight excluding hydrogens is 236 g/mol. The molecule has 0 unspecified atom stereocenters. The quantitative estimate of drug-likeness (QED) is 0.851. The van der Waals surface area contributed by atoms with Gasteiger partial charge in [-0.1, -0.05) is 18.2 Å². The third-order valence-corrected chi connectivity index (χ3v) is 2.76. The predicted octanol–water partition coefficient (Wildman–Crippen LogP) is 3.35. The van der Waals surface area contributed by atoms with E-state index in [0.717, 1.165) is 22.4 Å². The first-order chi connectivity index (χ1) is 9.15. The van der Waals surface area contributed by atoms with Crippen LogP contribution in [0.25, 0.3) is 6.08 Å². The van der Waals surface area contributed by atoms with Crippen LogP contribution in [0.15, 0.2) is 48.8 Å². The summed E-state index contributed by atoms with van der Waals surface area (Å²) in [6.45, 7) is 3.97. The van der Waals surface area contributed by atoms with Crippen molar-refractivity contribution in [3.05, 3.63) is 65.5 Å². The Morgan fingerprint density at radius 1 is 1.26 bits per heavy atom. The number of aromatic nitrogens is 1. The summed E-state index contributed by atoms with van der Waals surface area (Å²) in [6, 6.07) is 9.72.